The quantitative estimate of drug-likeness (QED) is 0.0321. The largest absolute Gasteiger partial charge is 0.462 e. The van der Waals surface area contributed by atoms with Gasteiger partial charge in [-0.15, -0.1) is 0 Å². The van der Waals surface area contributed by atoms with E-state index in [1.54, 1.807) is 0 Å². The van der Waals surface area contributed by atoms with Crippen molar-refractivity contribution >= 4 is 11.9 Å². The van der Waals surface area contributed by atoms with Crippen LogP contribution in [-0.4, -0.2) is 46.9 Å². The summed E-state index contributed by atoms with van der Waals surface area (Å²) < 4.78 is 5.91. The van der Waals surface area contributed by atoms with Gasteiger partial charge in [0.15, 0.2) is 0 Å². The average molecular weight is 935 g/mol. The Bertz CT molecular complexity index is 1280. The van der Waals surface area contributed by atoms with Crippen molar-refractivity contribution in [2.75, 3.05) is 6.61 Å². The third kappa shape index (κ3) is 49.3. The van der Waals surface area contributed by atoms with Crippen molar-refractivity contribution in [2.45, 2.75) is 283 Å². The predicted molar refractivity (Wildman–Crippen MR) is 291 cm³/mol. The minimum Gasteiger partial charge on any atom is -0.462 e. The van der Waals surface area contributed by atoms with E-state index in [0.29, 0.717) is 19.3 Å². The Morgan fingerprint density at radius 2 is 0.821 bits per heavy atom. The molecule has 0 aliphatic heterocycles. The van der Waals surface area contributed by atoms with Crippen LogP contribution in [0.15, 0.2) is 85.1 Å². The van der Waals surface area contributed by atoms with Gasteiger partial charge in [-0.3, -0.25) is 9.59 Å². The second-order valence-corrected chi connectivity index (χ2v) is 19.0. The highest BCUT2D eigenvalue weighted by atomic mass is 16.5. The minimum absolute atomic E-state index is 0.0273. The minimum atomic E-state index is -0.811. The van der Waals surface area contributed by atoms with Crippen LogP contribution in [0.3, 0.4) is 0 Å². The van der Waals surface area contributed by atoms with Crippen molar-refractivity contribution in [2.24, 2.45) is 0 Å². The van der Waals surface area contributed by atoms with Crippen LogP contribution >= 0.6 is 0 Å². The molecule has 0 aliphatic rings. The Hall–Kier alpha value is -2.96. The van der Waals surface area contributed by atoms with Gasteiger partial charge in [0.1, 0.15) is 6.10 Å². The molecule has 0 aromatic rings. The van der Waals surface area contributed by atoms with E-state index in [1.165, 1.54) is 116 Å². The highest BCUT2D eigenvalue weighted by Gasteiger charge is 2.24. The summed E-state index contributed by atoms with van der Waals surface area (Å²) in [7, 11) is 0. The van der Waals surface area contributed by atoms with Gasteiger partial charge < -0.3 is 20.3 Å². The summed E-state index contributed by atoms with van der Waals surface area (Å²) in [6.45, 7) is 6.34. The zero-order valence-electron chi connectivity index (χ0n) is 44.0. The Balaban J connectivity index is 4.64. The first-order chi connectivity index (χ1) is 33.0. The number of amides is 1. The number of ether oxygens (including phenoxy) is 1. The fourth-order valence-electron chi connectivity index (χ4n) is 8.20. The van der Waals surface area contributed by atoms with E-state index in [-0.39, 0.29) is 24.9 Å². The maximum atomic E-state index is 13.2. The molecule has 0 bridgehead atoms. The lowest BCUT2D eigenvalue weighted by molar-refractivity contribution is -0.151. The number of hydrogen-bond donors (Lipinski definition) is 3. The molecule has 0 heterocycles. The second kappa shape index (κ2) is 54.0. The van der Waals surface area contributed by atoms with Crippen LogP contribution in [0, 0.1) is 0 Å². The number of allylic oxidation sites excluding steroid dienone is 14. The number of unbranched alkanes of at least 4 members (excludes halogenated alkanes) is 24. The zero-order chi connectivity index (χ0) is 48.8. The van der Waals surface area contributed by atoms with Crippen LogP contribution in [0.25, 0.3) is 0 Å². The summed E-state index contributed by atoms with van der Waals surface area (Å²) >= 11 is 0. The van der Waals surface area contributed by atoms with E-state index < -0.39 is 18.2 Å². The van der Waals surface area contributed by atoms with E-state index in [0.717, 1.165) is 103 Å². The van der Waals surface area contributed by atoms with Crippen LogP contribution in [0.1, 0.15) is 265 Å². The molecule has 0 aliphatic carbocycles. The molecule has 0 rings (SSSR count). The molecule has 3 N–H and O–H groups in total. The van der Waals surface area contributed by atoms with Gasteiger partial charge in [0.2, 0.25) is 5.91 Å². The third-order valence-electron chi connectivity index (χ3n) is 12.5. The van der Waals surface area contributed by atoms with Crippen molar-refractivity contribution in [1.82, 2.24) is 5.32 Å². The Labute approximate surface area is 414 Å². The van der Waals surface area contributed by atoms with Gasteiger partial charge in [0, 0.05) is 6.42 Å². The summed E-state index contributed by atoms with van der Waals surface area (Å²) in [5.41, 5.74) is 0. The summed E-state index contributed by atoms with van der Waals surface area (Å²) in [4.78, 5) is 26.2. The number of rotatable bonds is 50. The van der Waals surface area contributed by atoms with E-state index in [4.69, 9.17) is 4.74 Å². The third-order valence-corrected chi connectivity index (χ3v) is 12.5. The SMILES string of the molecule is CC/C=C/C/C=C/C/C=C/C/C=C/CCCC(CC(=O)NC(CO)C(O)CCCCCCCCCCCCCCCCCCC)OC(=O)CCCCCC/C=C\C/C=C\C/C=C\CCCCC. The Morgan fingerprint density at radius 3 is 1.28 bits per heavy atom. The number of carbonyl (C=O) groups is 2. The topological polar surface area (TPSA) is 95.9 Å². The molecule has 0 aromatic carbocycles. The van der Waals surface area contributed by atoms with Gasteiger partial charge in [0.25, 0.3) is 0 Å². The van der Waals surface area contributed by atoms with Crippen molar-refractivity contribution in [3.63, 3.8) is 0 Å². The number of aliphatic hydroxyl groups excluding tert-OH is 2. The van der Waals surface area contributed by atoms with Crippen molar-refractivity contribution in [3.05, 3.63) is 85.1 Å². The summed E-state index contributed by atoms with van der Waals surface area (Å²) in [5, 5.41) is 23.9. The van der Waals surface area contributed by atoms with Crippen LogP contribution in [-0.2, 0) is 14.3 Å². The van der Waals surface area contributed by atoms with Crippen LogP contribution < -0.4 is 5.32 Å². The van der Waals surface area contributed by atoms with Crippen molar-refractivity contribution in [3.8, 4) is 0 Å². The highest BCUT2D eigenvalue weighted by Crippen LogP contribution is 2.17. The number of esters is 1. The molecule has 67 heavy (non-hydrogen) atoms. The molecule has 0 saturated carbocycles. The molecule has 3 unspecified atom stereocenters. The average Bonchev–Trinajstić information content (AvgIpc) is 3.32. The van der Waals surface area contributed by atoms with E-state index >= 15 is 0 Å². The lowest BCUT2D eigenvalue weighted by Gasteiger charge is -2.24. The maximum Gasteiger partial charge on any atom is 0.306 e. The van der Waals surface area contributed by atoms with Crippen molar-refractivity contribution in [1.29, 1.82) is 0 Å². The summed E-state index contributed by atoms with van der Waals surface area (Å²) in [6, 6.07) is -0.729. The summed E-state index contributed by atoms with van der Waals surface area (Å²) in [5.74, 6) is -0.554. The van der Waals surface area contributed by atoms with Gasteiger partial charge >= 0.3 is 5.97 Å². The molecule has 0 saturated heterocycles. The molecule has 0 radical (unpaired) electrons. The first kappa shape index (κ1) is 64.0. The van der Waals surface area contributed by atoms with Crippen LogP contribution in [0.4, 0.5) is 0 Å². The van der Waals surface area contributed by atoms with Crippen LogP contribution in [0.5, 0.6) is 0 Å². The Kier molecular flexibility index (Phi) is 51.6. The molecule has 0 spiro atoms. The lowest BCUT2D eigenvalue weighted by Crippen LogP contribution is -2.46. The molecule has 386 valence electrons. The van der Waals surface area contributed by atoms with Crippen molar-refractivity contribution < 1.29 is 24.5 Å². The van der Waals surface area contributed by atoms with Gasteiger partial charge in [-0.25, -0.2) is 0 Å². The monoisotopic (exact) mass is 934 g/mol. The number of aliphatic hydroxyl groups is 2. The van der Waals surface area contributed by atoms with Crippen LogP contribution in [0.2, 0.25) is 0 Å². The molecule has 6 nitrogen and oxygen atoms in total. The number of hydrogen-bond acceptors (Lipinski definition) is 5. The van der Waals surface area contributed by atoms with E-state index in [2.05, 4.69) is 111 Å². The molecule has 1 amide bonds. The van der Waals surface area contributed by atoms with Gasteiger partial charge in [-0.05, 0) is 96.3 Å². The number of carbonyl (C=O) groups excluding carboxylic acids is 2. The summed E-state index contributed by atoms with van der Waals surface area (Å²) in [6.07, 6.45) is 70.8. The second-order valence-electron chi connectivity index (χ2n) is 19.0. The fraction of sp³-hybridized carbons (Fsp3) is 0.738. The first-order valence-corrected chi connectivity index (χ1v) is 28.3. The molecule has 3 atom stereocenters. The highest BCUT2D eigenvalue weighted by molar-refractivity contribution is 5.77. The van der Waals surface area contributed by atoms with E-state index in [1.807, 2.05) is 0 Å². The predicted octanol–water partition coefficient (Wildman–Crippen LogP) is 17.5. The lowest BCUT2D eigenvalue weighted by atomic mass is 10.0. The fourth-order valence-corrected chi connectivity index (χ4v) is 8.20. The Morgan fingerprint density at radius 1 is 0.448 bits per heavy atom. The number of nitrogens with one attached hydrogen (secondary N) is 1. The molecular formula is C61H107NO5. The first-order valence-electron chi connectivity index (χ1n) is 28.3. The maximum absolute atomic E-state index is 13.2. The van der Waals surface area contributed by atoms with Gasteiger partial charge in [-0.2, -0.15) is 0 Å². The zero-order valence-corrected chi connectivity index (χ0v) is 44.0. The van der Waals surface area contributed by atoms with Gasteiger partial charge in [0.05, 0.1) is 25.2 Å². The van der Waals surface area contributed by atoms with Gasteiger partial charge in [-0.1, -0.05) is 241 Å². The molecular weight excluding hydrogens is 827 g/mol. The standard InChI is InChI=1S/C61H107NO5/c1-4-7-10-13-16-19-22-25-28-30-32-35-38-41-44-47-50-53-59(64)58(56-63)62-60(65)55-57(52-49-46-43-40-37-34-27-24-21-18-15-12-9-6-3)67-61(66)54-51-48-45-42-39-36-33-31-29-26-23-20-17-14-11-8-5-2/h9,12,17-18,20-21,26-27,29,33-34,36,40,43,57-59,63-64H,4-8,10-11,13-16,19,22-25,28,30-32,35,37-39,41-42,44-56H2,1-3H3,(H,62,65)/b12-9+,20-17-,21-18+,29-26-,34-27+,36-33-,43-40+. The molecule has 0 aromatic heterocycles. The normalized spacial score (nSPS) is 13.8. The molecule has 0 fully saturated rings. The smallest absolute Gasteiger partial charge is 0.306 e. The molecule has 6 heteroatoms. The van der Waals surface area contributed by atoms with E-state index in [9.17, 15) is 19.8 Å².